The molecule has 0 aromatic carbocycles. The molecular formula is C34H62N8O8S. The number of thioether (sulfide) groups is 1. The van der Waals surface area contributed by atoms with Crippen molar-refractivity contribution in [1.29, 1.82) is 5.41 Å². The van der Waals surface area contributed by atoms with Crippen LogP contribution < -0.4 is 32.7 Å². The first-order chi connectivity index (χ1) is 23.9. The fourth-order valence-electron chi connectivity index (χ4n) is 5.04. The van der Waals surface area contributed by atoms with Crippen LogP contribution in [0.25, 0.3) is 0 Å². The molecule has 5 amide bonds. The highest BCUT2D eigenvalue weighted by Crippen LogP contribution is 2.26. The van der Waals surface area contributed by atoms with Crippen molar-refractivity contribution in [3.05, 3.63) is 0 Å². The number of likely N-dealkylation sites (tertiary alicyclic amines) is 1. The van der Waals surface area contributed by atoms with E-state index in [9.17, 15) is 28.8 Å². The summed E-state index contributed by atoms with van der Waals surface area (Å²) in [6.45, 7) is 11.7. The van der Waals surface area contributed by atoms with Crippen LogP contribution in [0.4, 0.5) is 0 Å². The van der Waals surface area contributed by atoms with Gasteiger partial charge < -0.3 is 37.0 Å². The van der Waals surface area contributed by atoms with Gasteiger partial charge in [-0.05, 0) is 72.5 Å². The molecule has 2 unspecified atom stereocenters. The van der Waals surface area contributed by atoms with Crippen LogP contribution in [-0.2, 0) is 38.2 Å². The summed E-state index contributed by atoms with van der Waals surface area (Å²) >= 11 is 1.42. The van der Waals surface area contributed by atoms with Crippen LogP contribution in [0.1, 0.15) is 92.4 Å². The van der Waals surface area contributed by atoms with E-state index in [0.29, 0.717) is 83.2 Å². The van der Waals surface area contributed by atoms with Crippen LogP contribution in [0, 0.1) is 5.41 Å². The number of carbonyl (C=O) groups is 6. The van der Waals surface area contributed by atoms with Crippen LogP contribution in [-0.4, -0.2) is 127 Å². The molecular weight excluding hydrogens is 680 g/mol. The van der Waals surface area contributed by atoms with E-state index in [1.807, 2.05) is 13.8 Å². The molecule has 1 aliphatic rings. The fourth-order valence-corrected chi connectivity index (χ4v) is 6.17. The number of ketones is 1. The van der Waals surface area contributed by atoms with E-state index in [-0.39, 0.29) is 61.6 Å². The average Bonchev–Trinajstić information content (AvgIpc) is 3.31. The highest BCUT2D eigenvalue weighted by atomic mass is 32.2. The summed E-state index contributed by atoms with van der Waals surface area (Å²) in [6, 6.07) is -0.787. The number of primary amides is 1. The van der Waals surface area contributed by atoms with Gasteiger partial charge in [0.2, 0.25) is 29.5 Å². The predicted molar refractivity (Wildman–Crippen MR) is 197 cm³/mol. The quantitative estimate of drug-likeness (QED) is 0.0228. The Labute approximate surface area is 306 Å². The van der Waals surface area contributed by atoms with E-state index in [1.54, 1.807) is 20.8 Å². The number of nitrogens with two attached hydrogens (primary N) is 2. The molecule has 1 aliphatic heterocycles. The van der Waals surface area contributed by atoms with Gasteiger partial charge >= 0.3 is 0 Å². The van der Waals surface area contributed by atoms with Crippen molar-refractivity contribution in [3.63, 3.8) is 0 Å². The van der Waals surface area contributed by atoms with E-state index in [2.05, 4.69) is 21.3 Å². The third kappa shape index (κ3) is 21.2. The van der Waals surface area contributed by atoms with E-state index in [1.165, 1.54) is 11.8 Å². The van der Waals surface area contributed by atoms with Crippen molar-refractivity contribution >= 4 is 52.8 Å². The summed E-state index contributed by atoms with van der Waals surface area (Å²) in [4.78, 5) is 75.7. The van der Waals surface area contributed by atoms with Gasteiger partial charge in [-0.15, -0.1) is 11.8 Å². The summed E-state index contributed by atoms with van der Waals surface area (Å²) < 4.78 is 10.9. The first-order valence-electron chi connectivity index (χ1n) is 17.8. The largest absolute Gasteiger partial charge is 0.378 e. The summed E-state index contributed by atoms with van der Waals surface area (Å²) in [7, 11) is 0. The molecule has 16 nitrogen and oxygen atoms in total. The number of nitrogens with one attached hydrogen (secondary N) is 5. The first kappa shape index (κ1) is 46.1. The molecule has 0 bridgehead atoms. The Kier molecular flexibility index (Phi) is 22.0. The molecule has 1 saturated heterocycles. The Morgan fingerprint density at radius 2 is 1.53 bits per heavy atom. The molecule has 0 spiro atoms. The Morgan fingerprint density at radius 1 is 0.902 bits per heavy atom. The number of carbonyl (C=O) groups excluding carboxylic acids is 6. The van der Waals surface area contributed by atoms with Crippen molar-refractivity contribution in [2.75, 3.05) is 58.4 Å². The smallest absolute Gasteiger partial charge is 0.242 e. The number of Topliss-reactive ketones (excluding diaryl/α,β-unsaturated/α-hetero) is 1. The second-order valence-electron chi connectivity index (χ2n) is 13.8. The monoisotopic (exact) mass is 742 g/mol. The lowest BCUT2D eigenvalue weighted by Gasteiger charge is -2.29. The maximum Gasteiger partial charge on any atom is 0.242 e. The number of hydrogen-bond acceptors (Lipinski definition) is 13. The maximum absolute atomic E-state index is 12.9. The molecule has 1 heterocycles. The van der Waals surface area contributed by atoms with E-state index in [0.717, 1.165) is 11.3 Å². The number of amides is 5. The molecule has 1 rings (SSSR count). The molecule has 2 atom stereocenters. The van der Waals surface area contributed by atoms with Crippen molar-refractivity contribution in [2.45, 2.75) is 115 Å². The lowest BCUT2D eigenvalue weighted by atomic mass is 9.93. The number of rotatable bonds is 30. The van der Waals surface area contributed by atoms with Gasteiger partial charge in [0.1, 0.15) is 0 Å². The molecule has 9 N–H and O–H groups in total. The molecule has 51 heavy (non-hydrogen) atoms. The van der Waals surface area contributed by atoms with Gasteiger partial charge in [0.25, 0.3) is 0 Å². The van der Waals surface area contributed by atoms with E-state index in [4.69, 9.17) is 26.4 Å². The van der Waals surface area contributed by atoms with Gasteiger partial charge in [-0.1, -0.05) is 0 Å². The van der Waals surface area contributed by atoms with Crippen molar-refractivity contribution < 1.29 is 38.2 Å². The minimum atomic E-state index is -1.10. The molecule has 0 saturated carbocycles. The number of nitrogens with zero attached hydrogens (tertiary/aromatic N) is 1. The Morgan fingerprint density at radius 3 is 2.16 bits per heavy atom. The van der Waals surface area contributed by atoms with Gasteiger partial charge in [-0.3, -0.25) is 44.3 Å². The average molecular weight is 743 g/mol. The minimum absolute atomic E-state index is 0.00169. The zero-order valence-electron chi connectivity index (χ0n) is 31.2. The summed E-state index contributed by atoms with van der Waals surface area (Å²) in [5, 5.41) is 18.7. The molecule has 0 radical (unpaired) electrons. The number of hydrogen-bond donors (Lipinski definition) is 7. The Bertz CT molecular complexity index is 1160. The van der Waals surface area contributed by atoms with Gasteiger partial charge in [-0.2, -0.15) is 0 Å². The summed E-state index contributed by atoms with van der Waals surface area (Å²) in [5.41, 5.74) is 10.5. The zero-order valence-corrected chi connectivity index (χ0v) is 32.0. The van der Waals surface area contributed by atoms with Crippen LogP contribution in [0.3, 0.4) is 0 Å². The van der Waals surface area contributed by atoms with Crippen LogP contribution >= 0.6 is 11.8 Å². The van der Waals surface area contributed by atoms with Gasteiger partial charge in [0.05, 0.1) is 48.9 Å². The molecule has 292 valence electrons. The SMILES string of the molecule is CC(=N)CCCSC1CC(=O)N(CCC(=O)NCCCCC(NC(C)(C)C(=O)CCC(=O)NCCOCCOCCNC(C)(C)N)C(N)=O)C1=O. The Balaban J connectivity index is 2.25. The number of ether oxygens (including phenoxy) is 2. The fraction of sp³-hybridized carbons (Fsp3) is 0.794. The second-order valence-corrected chi connectivity index (χ2v) is 15.1. The number of imide groups is 1. The van der Waals surface area contributed by atoms with Crippen LogP contribution in [0.15, 0.2) is 0 Å². The third-order valence-electron chi connectivity index (χ3n) is 7.94. The van der Waals surface area contributed by atoms with Gasteiger partial charge in [0.15, 0.2) is 5.78 Å². The van der Waals surface area contributed by atoms with Crippen molar-refractivity contribution in [3.8, 4) is 0 Å². The van der Waals surface area contributed by atoms with Gasteiger partial charge in [-0.25, -0.2) is 0 Å². The Hall–Kier alpha value is -2.96. The lowest BCUT2D eigenvalue weighted by molar-refractivity contribution is -0.138. The number of unbranched alkanes of at least 4 members (excludes halogenated alkanes) is 1. The topological polar surface area (TPSA) is 248 Å². The molecule has 17 heteroatoms. The minimum Gasteiger partial charge on any atom is -0.378 e. The summed E-state index contributed by atoms with van der Waals surface area (Å²) in [6.07, 6.45) is 2.95. The van der Waals surface area contributed by atoms with Crippen LogP contribution in [0.2, 0.25) is 0 Å². The standard InChI is InChI=1S/C34H62N8O8S/c1-24(35)9-8-22-51-26-23-30(46)42(32(26)48)17-13-29(45)38-14-7-6-10-25(31(36)47)41-33(2,3)27(43)11-12-28(44)39-15-18-49-20-21-50-19-16-40-34(4,5)37/h25-26,35,40-41H,6-23,37H2,1-5H3,(H2,36,47)(H,38,45)(H,39,44). The van der Waals surface area contributed by atoms with Crippen LogP contribution in [0.5, 0.6) is 0 Å². The van der Waals surface area contributed by atoms with E-state index < -0.39 is 28.4 Å². The molecule has 0 aliphatic carbocycles. The van der Waals surface area contributed by atoms with Crippen molar-refractivity contribution in [2.24, 2.45) is 11.5 Å². The summed E-state index contributed by atoms with van der Waals surface area (Å²) in [5.74, 6) is -1.28. The first-order valence-corrected chi connectivity index (χ1v) is 18.8. The molecule has 1 fully saturated rings. The van der Waals surface area contributed by atoms with E-state index >= 15 is 0 Å². The second kappa shape index (κ2) is 24.3. The highest BCUT2D eigenvalue weighted by Gasteiger charge is 2.38. The highest BCUT2D eigenvalue weighted by molar-refractivity contribution is 8.00. The predicted octanol–water partition coefficient (Wildman–Crippen LogP) is 0.349. The molecule has 0 aromatic heterocycles. The zero-order chi connectivity index (χ0) is 38.5. The molecule has 0 aromatic rings. The van der Waals surface area contributed by atoms with Gasteiger partial charge in [0, 0.05) is 57.6 Å². The third-order valence-corrected chi connectivity index (χ3v) is 9.24. The lowest BCUT2D eigenvalue weighted by Crippen LogP contribution is -2.55. The maximum atomic E-state index is 12.9. The van der Waals surface area contributed by atoms with Crippen molar-refractivity contribution in [1.82, 2.24) is 26.2 Å². The normalized spacial score (nSPS) is 15.6.